The van der Waals surface area contributed by atoms with E-state index >= 15 is 0 Å². The molecule has 1 aromatic heterocycles. The predicted octanol–water partition coefficient (Wildman–Crippen LogP) is 5.10. The van der Waals surface area contributed by atoms with Gasteiger partial charge in [0.1, 0.15) is 6.54 Å². The van der Waals surface area contributed by atoms with Crippen LogP contribution in [0.4, 0.5) is 5.95 Å². The summed E-state index contributed by atoms with van der Waals surface area (Å²) in [4.78, 5) is 32.8. The molecule has 1 heterocycles. The van der Waals surface area contributed by atoms with Gasteiger partial charge in [-0.05, 0) is 31.5 Å². The minimum atomic E-state index is -0.794. The van der Waals surface area contributed by atoms with Crippen LogP contribution in [0.25, 0.3) is 16.9 Å². The Morgan fingerprint density at radius 1 is 0.917 bits per heavy atom. The molecule has 0 fully saturated rings. The average Bonchev–Trinajstić information content (AvgIpc) is 3.32. The predicted molar refractivity (Wildman–Crippen MR) is 141 cm³/mol. The van der Waals surface area contributed by atoms with E-state index in [1.165, 1.54) is 12.0 Å². The van der Waals surface area contributed by atoms with Crippen molar-refractivity contribution < 1.29 is 14.3 Å². The number of nitrogens with one attached hydrogen (secondary N) is 1. The highest BCUT2D eigenvalue weighted by molar-refractivity contribution is 5.95. The molecule has 3 aromatic carbocycles. The highest BCUT2D eigenvalue weighted by Gasteiger charge is 2.29. The lowest BCUT2D eigenvalue weighted by molar-refractivity contribution is -0.146. The normalized spacial score (nSPS) is 11.8. The van der Waals surface area contributed by atoms with Crippen LogP contribution in [0.3, 0.4) is 0 Å². The lowest BCUT2D eigenvalue weighted by Gasteiger charge is -2.29. The van der Waals surface area contributed by atoms with Crippen molar-refractivity contribution in [1.82, 2.24) is 14.5 Å². The largest absolute Gasteiger partial charge is 0.367 e. The third-order valence-corrected chi connectivity index (χ3v) is 5.84. The van der Waals surface area contributed by atoms with Gasteiger partial charge in [0.25, 0.3) is 5.91 Å². The third kappa shape index (κ3) is 5.70. The first-order valence-corrected chi connectivity index (χ1v) is 11.9. The summed E-state index contributed by atoms with van der Waals surface area (Å²) in [5.74, 6) is -0.236. The maximum Gasteiger partial charge on any atom is 0.257 e. The number of ether oxygens (including phenoxy) is 1. The number of benzene rings is 3. The number of anilines is 1. The molecule has 1 atom stereocenters. The molecule has 7 heteroatoms. The summed E-state index contributed by atoms with van der Waals surface area (Å²) in [7, 11) is 1.50. The summed E-state index contributed by atoms with van der Waals surface area (Å²) < 4.78 is 7.36. The van der Waals surface area contributed by atoms with E-state index in [1.807, 2.05) is 116 Å². The zero-order chi connectivity index (χ0) is 25.5. The Kier molecular flexibility index (Phi) is 7.92. The smallest absolute Gasteiger partial charge is 0.257 e. The maximum absolute atomic E-state index is 13.4. The Labute approximate surface area is 211 Å². The van der Waals surface area contributed by atoms with Gasteiger partial charge < -0.3 is 9.64 Å². The number of amides is 2. The van der Waals surface area contributed by atoms with Crippen molar-refractivity contribution in [3.8, 4) is 16.9 Å². The second kappa shape index (κ2) is 11.5. The second-order valence-corrected chi connectivity index (χ2v) is 8.66. The molecule has 0 bridgehead atoms. The molecule has 0 aliphatic rings. The number of hydrogen-bond acceptors (Lipinski definition) is 4. The number of nitrogens with zero attached hydrogens (tertiary/aromatic N) is 3. The van der Waals surface area contributed by atoms with Gasteiger partial charge in [-0.2, -0.15) is 0 Å². The van der Waals surface area contributed by atoms with Crippen molar-refractivity contribution in [2.24, 2.45) is 0 Å². The van der Waals surface area contributed by atoms with E-state index in [0.717, 1.165) is 22.5 Å². The SMILES string of the molecule is COC(C(=O)N(CC(=O)Nc1nc(-c2ccccc2)cn1-c1ccccc1)C(C)C)c1ccccc1. The molecule has 4 aromatic rings. The van der Waals surface area contributed by atoms with Crippen LogP contribution in [0, 0.1) is 0 Å². The van der Waals surface area contributed by atoms with Gasteiger partial charge >= 0.3 is 0 Å². The Morgan fingerprint density at radius 3 is 2.08 bits per heavy atom. The van der Waals surface area contributed by atoms with E-state index in [4.69, 9.17) is 9.72 Å². The fourth-order valence-electron chi connectivity index (χ4n) is 3.99. The molecule has 4 rings (SSSR count). The Bertz CT molecular complexity index is 1290. The Balaban J connectivity index is 1.58. The minimum absolute atomic E-state index is 0.133. The third-order valence-electron chi connectivity index (χ3n) is 5.84. The summed E-state index contributed by atoms with van der Waals surface area (Å²) in [5, 5.41) is 2.91. The monoisotopic (exact) mass is 482 g/mol. The molecular formula is C29H30N4O3. The summed E-state index contributed by atoms with van der Waals surface area (Å²) >= 11 is 0. The first-order valence-electron chi connectivity index (χ1n) is 11.9. The van der Waals surface area contributed by atoms with Gasteiger partial charge in [-0.3, -0.25) is 19.5 Å². The van der Waals surface area contributed by atoms with E-state index in [-0.39, 0.29) is 24.4 Å². The zero-order valence-electron chi connectivity index (χ0n) is 20.7. The Hall–Kier alpha value is -4.23. The van der Waals surface area contributed by atoms with Crippen molar-refractivity contribution in [1.29, 1.82) is 0 Å². The number of para-hydroxylation sites is 1. The number of aromatic nitrogens is 2. The van der Waals surface area contributed by atoms with E-state index in [1.54, 1.807) is 0 Å². The fraction of sp³-hybridized carbons (Fsp3) is 0.207. The Morgan fingerprint density at radius 2 is 1.50 bits per heavy atom. The van der Waals surface area contributed by atoms with Crippen molar-refractivity contribution in [3.05, 3.63) is 103 Å². The molecule has 0 aliphatic carbocycles. The van der Waals surface area contributed by atoms with Crippen molar-refractivity contribution in [2.75, 3.05) is 19.0 Å². The van der Waals surface area contributed by atoms with Crippen LogP contribution >= 0.6 is 0 Å². The quantitative estimate of drug-likeness (QED) is 0.360. The molecule has 36 heavy (non-hydrogen) atoms. The standard InChI is InChI=1S/C29H30N4O3/c1-21(2)32(28(35)27(36-3)23-15-9-5-10-16-23)20-26(34)31-29-30-25(22-13-7-4-8-14-22)19-33(29)24-17-11-6-12-18-24/h4-19,21,27H,20H2,1-3H3,(H,30,31,34). The van der Waals surface area contributed by atoms with E-state index in [9.17, 15) is 9.59 Å². The highest BCUT2D eigenvalue weighted by Crippen LogP contribution is 2.25. The fourth-order valence-corrected chi connectivity index (χ4v) is 3.99. The molecular weight excluding hydrogens is 452 g/mol. The minimum Gasteiger partial charge on any atom is -0.367 e. The molecule has 1 N–H and O–H groups in total. The summed E-state index contributed by atoms with van der Waals surface area (Å²) in [6.07, 6.45) is 1.10. The van der Waals surface area contributed by atoms with Gasteiger partial charge in [-0.25, -0.2) is 4.98 Å². The van der Waals surface area contributed by atoms with Crippen LogP contribution in [-0.2, 0) is 14.3 Å². The van der Waals surface area contributed by atoms with Crippen LogP contribution < -0.4 is 5.32 Å². The lowest BCUT2D eigenvalue weighted by atomic mass is 10.1. The first kappa shape index (κ1) is 24.9. The number of imidazole rings is 1. The first-order chi connectivity index (χ1) is 17.5. The van der Waals surface area contributed by atoms with Gasteiger partial charge in [0.2, 0.25) is 11.9 Å². The zero-order valence-corrected chi connectivity index (χ0v) is 20.7. The van der Waals surface area contributed by atoms with E-state index in [0.29, 0.717) is 5.95 Å². The molecule has 1 unspecified atom stereocenters. The number of hydrogen-bond donors (Lipinski definition) is 1. The maximum atomic E-state index is 13.4. The van der Waals surface area contributed by atoms with Crippen LogP contribution in [0.2, 0.25) is 0 Å². The van der Waals surface area contributed by atoms with Gasteiger partial charge in [-0.1, -0.05) is 78.9 Å². The van der Waals surface area contributed by atoms with Gasteiger partial charge in [0.15, 0.2) is 6.10 Å². The van der Waals surface area contributed by atoms with Crippen LogP contribution in [0.1, 0.15) is 25.5 Å². The molecule has 184 valence electrons. The van der Waals surface area contributed by atoms with Crippen molar-refractivity contribution in [2.45, 2.75) is 26.0 Å². The van der Waals surface area contributed by atoms with Gasteiger partial charge in [0, 0.05) is 30.6 Å². The molecule has 0 saturated carbocycles. The van der Waals surface area contributed by atoms with Crippen LogP contribution in [0.15, 0.2) is 97.2 Å². The molecule has 0 saturated heterocycles. The highest BCUT2D eigenvalue weighted by atomic mass is 16.5. The number of methoxy groups -OCH3 is 1. The molecule has 0 aliphatic heterocycles. The van der Waals surface area contributed by atoms with Crippen LogP contribution in [-0.4, -0.2) is 46.0 Å². The number of carbonyl (C=O) groups is 2. The van der Waals surface area contributed by atoms with Crippen LogP contribution in [0.5, 0.6) is 0 Å². The number of carbonyl (C=O) groups excluding carboxylic acids is 2. The average molecular weight is 483 g/mol. The topological polar surface area (TPSA) is 76.5 Å². The lowest BCUT2D eigenvalue weighted by Crippen LogP contribution is -2.45. The summed E-state index contributed by atoms with van der Waals surface area (Å²) in [6.45, 7) is 3.62. The van der Waals surface area contributed by atoms with E-state index in [2.05, 4.69) is 5.32 Å². The molecule has 2 amide bonds. The number of rotatable bonds is 9. The van der Waals surface area contributed by atoms with E-state index < -0.39 is 6.10 Å². The van der Waals surface area contributed by atoms with Gasteiger partial charge in [0.05, 0.1) is 5.69 Å². The summed E-state index contributed by atoms with van der Waals surface area (Å²) in [5.41, 5.74) is 3.27. The summed E-state index contributed by atoms with van der Waals surface area (Å²) in [6, 6.07) is 28.5. The van der Waals surface area contributed by atoms with Crippen molar-refractivity contribution in [3.63, 3.8) is 0 Å². The van der Waals surface area contributed by atoms with Gasteiger partial charge in [-0.15, -0.1) is 0 Å². The molecule has 0 spiro atoms. The van der Waals surface area contributed by atoms with Crippen molar-refractivity contribution >= 4 is 17.8 Å². The molecule has 7 nitrogen and oxygen atoms in total. The second-order valence-electron chi connectivity index (χ2n) is 8.66. The molecule has 0 radical (unpaired) electrons.